The number of rotatable bonds is 3. The lowest BCUT2D eigenvalue weighted by Gasteiger charge is -2.21. The van der Waals surface area contributed by atoms with Crippen LogP contribution in [-0.2, 0) is 4.79 Å². The predicted octanol–water partition coefficient (Wildman–Crippen LogP) is 1.65. The molecule has 1 rings (SSSR count). The summed E-state index contributed by atoms with van der Waals surface area (Å²) in [6.07, 6.45) is 0. The van der Waals surface area contributed by atoms with Crippen molar-refractivity contribution in [3.63, 3.8) is 0 Å². The number of halogens is 2. The molecule has 0 aliphatic carbocycles. The van der Waals surface area contributed by atoms with Crippen LogP contribution in [0.25, 0.3) is 0 Å². The molecule has 0 aliphatic rings. The van der Waals surface area contributed by atoms with E-state index in [-0.39, 0.29) is 0 Å². The highest BCUT2D eigenvalue weighted by Gasteiger charge is 2.28. The first kappa shape index (κ1) is 11.6. The van der Waals surface area contributed by atoms with E-state index in [9.17, 15) is 13.6 Å². The fraction of sp³-hybridized carbons (Fsp3) is 0.300. The molecule has 1 atom stereocenters. The quantitative estimate of drug-likeness (QED) is 0.833. The number of nitrogens with zero attached hydrogens (tertiary/aromatic N) is 1. The molecular formula is C10H11F2NO2. The highest BCUT2D eigenvalue weighted by molar-refractivity contribution is 5.75. The summed E-state index contributed by atoms with van der Waals surface area (Å²) in [6.45, 7) is 0. The molecule has 0 bridgehead atoms. The van der Waals surface area contributed by atoms with Crippen molar-refractivity contribution in [2.75, 3.05) is 14.1 Å². The van der Waals surface area contributed by atoms with E-state index in [1.54, 1.807) is 0 Å². The van der Waals surface area contributed by atoms with Gasteiger partial charge in [-0.3, -0.25) is 9.69 Å². The van der Waals surface area contributed by atoms with Crippen molar-refractivity contribution in [2.24, 2.45) is 0 Å². The van der Waals surface area contributed by atoms with Crippen molar-refractivity contribution >= 4 is 5.97 Å². The molecule has 0 aromatic heterocycles. The number of aliphatic carboxylic acids is 1. The zero-order valence-corrected chi connectivity index (χ0v) is 8.37. The maximum Gasteiger partial charge on any atom is 0.325 e. The van der Waals surface area contributed by atoms with E-state index in [1.165, 1.54) is 25.1 Å². The summed E-state index contributed by atoms with van der Waals surface area (Å²) in [4.78, 5) is 12.1. The van der Waals surface area contributed by atoms with E-state index < -0.39 is 29.2 Å². The zero-order valence-electron chi connectivity index (χ0n) is 8.37. The molecule has 1 N–H and O–H groups in total. The average Bonchev–Trinajstić information content (AvgIpc) is 2.09. The van der Waals surface area contributed by atoms with Gasteiger partial charge in [0.15, 0.2) is 0 Å². The SMILES string of the molecule is CN(C)C(C(=O)O)c1c(F)cccc1F. The Labute approximate surface area is 85.9 Å². The van der Waals surface area contributed by atoms with E-state index in [0.717, 1.165) is 12.1 Å². The number of hydrogen-bond donors (Lipinski definition) is 1. The predicted molar refractivity (Wildman–Crippen MR) is 50.4 cm³/mol. The second-order valence-electron chi connectivity index (χ2n) is 3.34. The van der Waals surface area contributed by atoms with E-state index in [2.05, 4.69) is 0 Å². The van der Waals surface area contributed by atoms with Crippen molar-refractivity contribution in [3.05, 3.63) is 35.4 Å². The molecule has 82 valence electrons. The molecule has 1 unspecified atom stereocenters. The van der Waals surface area contributed by atoms with Gasteiger partial charge < -0.3 is 5.11 Å². The molecule has 0 saturated heterocycles. The number of hydrogen-bond acceptors (Lipinski definition) is 2. The molecule has 1 aromatic carbocycles. The van der Waals surface area contributed by atoms with E-state index in [4.69, 9.17) is 5.11 Å². The molecule has 1 aromatic rings. The van der Waals surface area contributed by atoms with Gasteiger partial charge in [0.05, 0.1) is 5.56 Å². The second kappa shape index (κ2) is 4.35. The van der Waals surface area contributed by atoms with E-state index in [1.807, 2.05) is 0 Å². The maximum atomic E-state index is 13.3. The van der Waals surface area contributed by atoms with Gasteiger partial charge in [-0.05, 0) is 26.2 Å². The second-order valence-corrected chi connectivity index (χ2v) is 3.34. The Morgan fingerprint density at radius 2 is 1.80 bits per heavy atom. The van der Waals surface area contributed by atoms with Crippen LogP contribution in [0.3, 0.4) is 0 Å². The van der Waals surface area contributed by atoms with Gasteiger partial charge in [-0.25, -0.2) is 8.78 Å². The summed E-state index contributed by atoms with van der Waals surface area (Å²) in [6, 6.07) is 1.96. The minimum absolute atomic E-state index is 0.435. The minimum Gasteiger partial charge on any atom is -0.480 e. The van der Waals surface area contributed by atoms with Crippen LogP contribution in [0.15, 0.2) is 18.2 Å². The smallest absolute Gasteiger partial charge is 0.325 e. The van der Waals surface area contributed by atoms with Crippen molar-refractivity contribution in [1.82, 2.24) is 4.90 Å². The molecule has 5 heteroatoms. The first-order valence-corrected chi connectivity index (χ1v) is 4.28. The van der Waals surface area contributed by atoms with Crippen molar-refractivity contribution in [2.45, 2.75) is 6.04 Å². The van der Waals surface area contributed by atoms with Crippen LogP contribution >= 0.6 is 0 Å². The summed E-state index contributed by atoms with van der Waals surface area (Å²) in [5.74, 6) is -2.99. The minimum atomic E-state index is -1.31. The number of benzene rings is 1. The van der Waals surface area contributed by atoms with Crippen LogP contribution in [0, 0.1) is 11.6 Å². The van der Waals surface area contributed by atoms with E-state index >= 15 is 0 Å². The lowest BCUT2D eigenvalue weighted by atomic mass is 10.0. The third-order valence-corrected chi connectivity index (χ3v) is 2.02. The third-order valence-electron chi connectivity index (χ3n) is 2.02. The molecule has 0 radical (unpaired) electrons. The Morgan fingerprint density at radius 1 is 1.33 bits per heavy atom. The van der Waals surface area contributed by atoms with Gasteiger partial charge in [0.25, 0.3) is 0 Å². The van der Waals surface area contributed by atoms with Gasteiger partial charge in [-0.15, -0.1) is 0 Å². The fourth-order valence-electron chi connectivity index (χ4n) is 1.37. The highest BCUT2D eigenvalue weighted by Crippen LogP contribution is 2.24. The van der Waals surface area contributed by atoms with Crippen LogP contribution in [-0.4, -0.2) is 30.1 Å². The van der Waals surface area contributed by atoms with Crippen LogP contribution in [0.1, 0.15) is 11.6 Å². The Kier molecular flexibility index (Phi) is 3.36. The monoisotopic (exact) mass is 215 g/mol. The van der Waals surface area contributed by atoms with Crippen molar-refractivity contribution < 1.29 is 18.7 Å². The number of carboxylic acids is 1. The molecule has 0 spiro atoms. The molecule has 0 heterocycles. The molecule has 0 fully saturated rings. The zero-order chi connectivity index (χ0) is 11.6. The standard InChI is InChI=1S/C10H11F2NO2/c1-13(2)9(10(14)15)8-6(11)4-3-5-7(8)12/h3-5,9H,1-2H3,(H,14,15). The fourth-order valence-corrected chi connectivity index (χ4v) is 1.37. The average molecular weight is 215 g/mol. The van der Waals surface area contributed by atoms with Crippen LogP contribution in [0.2, 0.25) is 0 Å². The lowest BCUT2D eigenvalue weighted by Crippen LogP contribution is -2.29. The third kappa shape index (κ3) is 2.30. The first-order chi connectivity index (χ1) is 6.95. The van der Waals surface area contributed by atoms with Gasteiger partial charge in [-0.1, -0.05) is 6.07 Å². The first-order valence-electron chi connectivity index (χ1n) is 4.28. The molecule has 15 heavy (non-hydrogen) atoms. The van der Waals surface area contributed by atoms with Gasteiger partial charge in [-0.2, -0.15) is 0 Å². The summed E-state index contributed by atoms with van der Waals surface area (Å²) in [5.41, 5.74) is -0.435. The molecule has 0 saturated carbocycles. The van der Waals surface area contributed by atoms with Crippen LogP contribution in [0.4, 0.5) is 8.78 Å². The molecule has 3 nitrogen and oxygen atoms in total. The molecule has 0 amide bonds. The summed E-state index contributed by atoms with van der Waals surface area (Å²) < 4.78 is 26.6. The summed E-state index contributed by atoms with van der Waals surface area (Å²) in [7, 11) is 2.90. The Bertz CT molecular complexity index is 359. The molecule has 0 aliphatic heterocycles. The normalized spacial score (nSPS) is 12.9. The van der Waals surface area contributed by atoms with Gasteiger partial charge in [0.2, 0.25) is 0 Å². The number of likely N-dealkylation sites (N-methyl/N-ethyl adjacent to an activating group) is 1. The number of carbonyl (C=O) groups is 1. The maximum absolute atomic E-state index is 13.3. The van der Waals surface area contributed by atoms with Crippen molar-refractivity contribution in [1.29, 1.82) is 0 Å². The number of carboxylic acid groups (broad SMARTS) is 1. The van der Waals surface area contributed by atoms with Crippen LogP contribution < -0.4 is 0 Å². The van der Waals surface area contributed by atoms with Gasteiger partial charge >= 0.3 is 5.97 Å². The highest BCUT2D eigenvalue weighted by atomic mass is 19.1. The largest absolute Gasteiger partial charge is 0.480 e. The van der Waals surface area contributed by atoms with Gasteiger partial charge in [0.1, 0.15) is 17.7 Å². The summed E-state index contributed by atoms with van der Waals surface area (Å²) in [5, 5.41) is 8.87. The Hall–Kier alpha value is -1.49. The Morgan fingerprint density at radius 3 is 2.13 bits per heavy atom. The summed E-state index contributed by atoms with van der Waals surface area (Å²) >= 11 is 0. The Balaban J connectivity index is 3.28. The van der Waals surface area contributed by atoms with Crippen LogP contribution in [0.5, 0.6) is 0 Å². The topological polar surface area (TPSA) is 40.5 Å². The van der Waals surface area contributed by atoms with E-state index in [0.29, 0.717) is 0 Å². The molecular weight excluding hydrogens is 204 g/mol. The van der Waals surface area contributed by atoms with Crippen molar-refractivity contribution in [3.8, 4) is 0 Å². The van der Waals surface area contributed by atoms with Gasteiger partial charge in [0, 0.05) is 0 Å². The lowest BCUT2D eigenvalue weighted by molar-refractivity contribution is -0.142.